The van der Waals surface area contributed by atoms with Crippen LogP contribution in [-0.2, 0) is 6.42 Å². The number of rotatable bonds is 7. The molecule has 3 heterocycles. The molecule has 0 aliphatic rings. The lowest BCUT2D eigenvalue weighted by Gasteiger charge is -2.10. The van der Waals surface area contributed by atoms with Crippen LogP contribution in [0.5, 0.6) is 5.75 Å². The lowest BCUT2D eigenvalue weighted by atomic mass is 10.2. The number of amides is 1. The summed E-state index contributed by atoms with van der Waals surface area (Å²) in [5.41, 5.74) is 1.67. The maximum Gasteiger partial charge on any atom is 0.255 e. The number of methoxy groups -OCH3 is 1. The Kier molecular flexibility index (Phi) is 5.56. The average molecular weight is 403 g/mol. The van der Waals surface area contributed by atoms with Crippen molar-refractivity contribution in [2.45, 2.75) is 12.8 Å². The minimum Gasteiger partial charge on any atom is -0.497 e. The monoisotopic (exact) mass is 403 g/mol. The van der Waals surface area contributed by atoms with E-state index in [1.54, 1.807) is 37.6 Å². The highest BCUT2D eigenvalue weighted by molar-refractivity contribution is 5.93. The number of carbonyl (C=O) groups excluding carboxylic acids is 1. The first kappa shape index (κ1) is 19.4. The van der Waals surface area contributed by atoms with Gasteiger partial charge >= 0.3 is 0 Å². The fraction of sp³-hybridized carbons (Fsp3) is 0.182. The molecule has 1 aromatic carbocycles. The molecule has 1 N–H and O–H groups in total. The van der Waals surface area contributed by atoms with Gasteiger partial charge in [0.2, 0.25) is 0 Å². The molecular weight excluding hydrogens is 382 g/mol. The van der Waals surface area contributed by atoms with Gasteiger partial charge in [-0.1, -0.05) is 6.07 Å². The second kappa shape index (κ2) is 8.60. The van der Waals surface area contributed by atoms with Gasteiger partial charge in [-0.05, 0) is 48.9 Å². The number of aryl methyl sites for hydroxylation is 1. The highest BCUT2D eigenvalue weighted by Gasteiger charge is 2.09. The zero-order valence-corrected chi connectivity index (χ0v) is 16.5. The summed E-state index contributed by atoms with van der Waals surface area (Å²) in [6, 6.07) is 15.7. The largest absolute Gasteiger partial charge is 0.497 e. The Morgan fingerprint density at radius 1 is 1.07 bits per heavy atom. The molecule has 4 aromatic rings. The summed E-state index contributed by atoms with van der Waals surface area (Å²) in [4.78, 5) is 24.8. The molecule has 0 saturated carbocycles. The molecule has 1 amide bonds. The molecule has 3 aromatic heterocycles. The van der Waals surface area contributed by atoms with Crippen molar-refractivity contribution in [1.29, 1.82) is 0 Å². The van der Waals surface area contributed by atoms with Crippen LogP contribution in [0, 0.1) is 0 Å². The number of ether oxygens (including phenoxy) is 1. The molecule has 0 radical (unpaired) electrons. The molecule has 0 atom stereocenters. The van der Waals surface area contributed by atoms with Crippen molar-refractivity contribution in [3.05, 3.63) is 88.7 Å². The van der Waals surface area contributed by atoms with Gasteiger partial charge in [0.15, 0.2) is 5.65 Å². The van der Waals surface area contributed by atoms with Crippen molar-refractivity contribution in [2.75, 3.05) is 13.7 Å². The molecule has 0 bridgehead atoms. The first-order valence-corrected chi connectivity index (χ1v) is 9.60. The van der Waals surface area contributed by atoms with Crippen LogP contribution in [0.4, 0.5) is 0 Å². The van der Waals surface area contributed by atoms with E-state index in [0.717, 1.165) is 17.9 Å². The number of benzene rings is 1. The third kappa shape index (κ3) is 4.07. The van der Waals surface area contributed by atoms with Gasteiger partial charge < -0.3 is 10.1 Å². The Bertz CT molecular complexity index is 1230. The summed E-state index contributed by atoms with van der Waals surface area (Å²) in [5.74, 6) is 1.32. The SMILES string of the molecule is COc1ccc(-n2cc(C(=O)NCCCc3nnc4ccccn34)ccc2=O)cc1. The van der Waals surface area contributed by atoms with Gasteiger partial charge in [-0.3, -0.25) is 18.6 Å². The van der Waals surface area contributed by atoms with Crippen LogP contribution in [0.3, 0.4) is 0 Å². The fourth-order valence-electron chi connectivity index (χ4n) is 3.18. The van der Waals surface area contributed by atoms with Crippen molar-refractivity contribution in [1.82, 2.24) is 24.5 Å². The molecule has 0 aliphatic heterocycles. The molecular formula is C22H21N5O3. The van der Waals surface area contributed by atoms with E-state index >= 15 is 0 Å². The van der Waals surface area contributed by atoms with Crippen LogP contribution < -0.4 is 15.6 Å². The van der Waals surface area contributed by atoms with Crippen LogP contribution >= 0.6 is 0 Å². The number of carbonyl (C=O) groups is 1. The van der Waals surface area contributed by atoms with E-state index in [1.807, 2.05) is 28.8 Å². The minimum absolute atomic E-state index is 0.213. The standard InChI is InChI=1S/C22H21N5O3/c1-30-18-10-8-17(9-11-18)27-15-16(7-12-21(27)28)22(29)23-13-4-6-20-25-24-19-5-2-3-14-26(19)20/h2-3,5,7-12,14-15H,4,6,13H2,1H3,(H,23,29). The Balaban J connectivity index is 1.39. The molecule has 8 heteroatoms. The van der Waals surface area contributed by atoms with Gasteiger partial charge in [0, 0.05) is 37.1 Å². The van der Waals surface area contributed by atoms with E-state index in [9.17, 15) is 9.59 Å². The van der Waals surface area contributed by atoms with Gasteiger partial charge in [0.25, 0.3) is 11.5 Å². The predicted molar refractivity (Wildman–Crippen MR) is 112 cm³/mol. The van der Waals surface area contributed by atoms with Crippen LogP contribution in [-0.4, -0.2) is 38.7 Å². The van der Waals surface area contributed by atoms with E-state index in [0.29, 0.717) is 30.0 Å². The van der Waals surface area contributed by atoms with Gasteiger partial charge in [0.1, 0.15) is 11.6 Å². The second-order valence-corrected chi connectivity index (χ2v) is 6.73. The van der Waals surface area contributed by atoms with Crippen LogP contribution in [0.1, 0.15) is 22.6 Å². The molecule has 0 spiro atoms. The van der Waals surface area contributed by atoms with E-state index in [4.69, 9.17) is 4.74 Å². The molecule has 0 unspecified atom stereocenters. The maximum absolute atomic E-state index is 12.5. The molecule has 0 aliphatic carbocycles. The van der Waals surface area contributed by atoms with Crippen molar-refractivity contribution >= 4 is 11.6 Å². The van der Waals surface area contributed by atoms with Crippen molar-refractivity contribution in [2.24, 2.45) is 0 Å². The quantitative estimate of drug-likeness (QED) is 0.478. The van der Waals surface area contributed by atoms with E-state index in [-0.39, 0.29) is 11.5 Å². The maximum atomic E-state index is 12.5. The Morgan fingerprint density at radius 3 is 2.70 bits per heavy atom. The molecule has 152 valence electrons. The zero-order valence-electron chi connectivity index (χ0n) is 16.5. The van der Waals surface area contributed by atoms with E-state index < -0.39 is 0 Å². The molecule has 0 fully saturated rings. The Hall–Kier alpha value is -3.94. The summed E-state index contributed by atoms with van der Waals surface area (Å²) >= 11 is 0. The summed E-state index contributed by atoms with van der Waals surface area (Å²) in [7, 11) is 1.58. The smallest absolute Gasteiger partial charge is 0.255 e. The highest BCUT2D eigenvalue weighted by Crippen LogP contribution is 2.14. The summed E-state index contributed by atoms with van der Waals surface area (Å²) in [6.45, 7) is 0.488. The summed E-state index contributed by atoms with van der Waals surface area (Å²) in [5, 5.41) is 11.2. The van der Waals surface area contributed by atoms with Crippen LogP contribution in [0.15, 0.2) is 71.8 Å². The Labute approximate surface area is 172 Å². The minimum atomic E-state index is -0.233. The summed E-state index contributed by atoms with van der Waals surface area (Å²) in [6.07, 6.45) is 4.88. The first-order valence-electron chi connectivity index (χ1n) is 9.60. The van der Waals surface area contributed by atoms with E-state index in [2.05, 4.69) is 15.5 Å². The molecule has 8 nitrogen and oxygen atoms in total. The number of pyridine rings is 2. The van der Waals surface area contributed by atoms with Gasteiger partial charge in [0.05, 0.1) is 12.7 Å². The number of fused-ring (bicyclic) bond motifs is 1. The summed E-state index contributed by atoms with van der Waals surface area (Å²) < 4.78 is 8.52. The first-order chi connectivity index (χ1) is 14.7. The fourth-order valence-corrected chi connectivity index (χ4v) is 3.18. The van der Waals surface area contributed by atoms with Crippen molar-refractivity contribution < 1.29 is 9.53 Å². The number of hydrogen-bond donors (Lipinski definition) is 1. The van der Waals surface area contributed by atoms with Crippen LogP contribution in [0.25, 0.3) is 11.3 Å². The predicted octanol–water partition coefficient (Wildman–Crippen LogP) is 2.25. The lowest BCUT2D eigenvalue weighted by Crippen LogP contribution is -2.27. The third-order valence-corrected chi connectivity index (χ3v) is 4.77. The number of nitrogens with one attached hydrogen (secondary N) is 1. The number of aromatic nitrogens is 4. The Morgan fingerprint density at radius 2 is 1.90 bits per heavy atom. The van der Waals surface area contributed by atoms with Crippen LogP contribution in [0.2, 0.25) is 0 Å². The molecule has 0 saturated heterocycles. The third-order valence-electron chi connectivity index (χ3n) is 4.77. The second-order valence-electron chi connectivity index (χ2n) is 6.73. The molecule has 30 heavy (non-hydrogen) atoms. The van der Waals surface area contributed by atoms with Gasteiger partial charge in [-0.2, -0.15) is 0 Å². The van der Waals surface area contributed by atoms with E-state index in [1.165, 1.54) is 16.7 Å². The highest BCUT2D eigenvalue weighted by atomic mass is 16.5. The normalized spacial score (nSPS) is 10.8. The van der Waals surface area contributed by atoms with Gasteiger partial charge in [-0.15, -0.1) is 10.2 Å². The number of hydrogen-bond acceptors (Lipinski definition) is 5. The topological polar surface area (TPSA) is 90.5 Å². The van der Waals surface area contributed by atoms with Crippen molar-refractivity contribution in [3.63, 3.8) is 0 Å². The zero-order chi connectivity index (χ0) is 20.9. The molecule has 4 rings (SSSR count). The van der Waals surface area contributed by atoms with Crippen molar-refractivity contribution in [3.8, 4) is 11.4 Å². The van der Waals surface area contributed by atoms with Gasteiger partial charge in [-0.25, -0.2) is 0 Å². The number of nitrogens with zero attached hydrogens (tertiary/aromatic N) is 4. The lowest BCUT2D eigenvalue weighted by molar-refractivity contribution is 0.0952. The average Bonchev–Trinajstić information content (AvgIpc) is 3.20.